The summed E-state index contributed by atoms with van der Waals surface area (Å²) in [5.74, 6) is 0.864. The van der Waals surface area contributed by atoms with Crippen LogP contribution in [-0.2, 0) is 9.63 Å². The quantitative estimate of drug-likeness (QED) is 0.816. The highest BCUT2D eigenvalue weighted by Crippen LogP contribution is 2.40. The van der Waals surface area contributed by atoms with Crippen molar-refractivity contribution in [2.75, 3.05) is 26.2 Å². The summed E-state index contributed by atoms with van der Waals surface area (Å²) in [5, 5.41) is 7.94. The van der Waals surface area contributed by atoms with Crippen LogP contribution >= 0.6 is 0 Å². The van der Waals surface area contributed by atoms with Crippen LogP contribution in [0.5, 0.6) is 0 Å². The van der Waals surface area contributed by atoms with Gasteiger partial charge in [0.1, 0.15) is 5.76 Å². The molecule has 132 valence electrons. The number of aromatic nitrogens is 1. The molecule has 0 unspecified atom stereocenters. The molecule has 0 aromatic carbocycles. The van der Waals surface area contributed by atoms with Gasteiger partial charge in [0.25, 0.3) is 11.8 Å². The number of oxime groups is 1. The van der Waals surface area contributed by atoms with Crippen molar-refractivity contribution in [1.29, 1.82) is 0 Å². The van der Waals surface area contributed by atoms with Gasteiger partial charge in [-0.25, -0.2) is 0 Å². The van der Waals surface area contributed by atoms with Gasteiger partial charge in [0, 0.05) is 31.6 Å². The van der Waals surface area contributed by atoms with E-state index in [4.69, 9.17) is 9.36 Å². The molecule has 4 heterocycles. The SMILES string of the molecule is O=C(C1=NO[C@@H]2CN(C(=O)c3cc(C4CC4)on3)C[C@H]12)N1CCCC1. The van der Waals surface area contributed by atoms with Crippen molar-refractivity contribution in [3.8, 4) is 0 Å². The second-order valence-electron chi connectivity index (χ2n) is 7.33. The van der Waals surface area contributed by atoms with Crippen LogP contribution in [-0.4, -0.2) is 64.8 Å². The number of carbonyl (C=O) groups excluding carboxylic acids is 2. The van der Waals surface area contributed by atoms with Crippen LogP contribution < -0.4 is 0 Å². The van der Waals surface area contributed by atoms with Crippen LogP contribution in [0.3, 0.4) is 0 Å². The Labute approximate surface area is 144 Å². The van der Waals surface area contributed by atoms with Gasteiger partial charge in [0.2, 0.25) is 0 Å². The molecule has 2 saturated heterocycles. The summed E-state index contributed by atoms with van der Waals surface area (Å²) in [7, 11) is 0. The van der Waals surface area contributed by atoms with E-state index in [2.05, 4.69) is 10.3 Å². The molecule has 25 heavy (non-hydrogen) atoms. The number of carbonyl (C=O) groups is 2. The zero-order valence-electron chi connectivity index (χ0n) is 13.9. The van der Waals surface area contributed by atoms with Crippen molar-refractivity contribution < 1.29 is 18.9 Å². The van der Waals surface area contributed by atoms with E-state index in [1.807, 2.05) is 4.90 Å². The van der Waals surface area contributed by atoms with Crippen LogP contribution in [0.4, 0.5) is 0 Å². The van der Waals surface area contributed by atoms with E-state index in [1.54, 1.807) is 11.0 Å². The van der Waals surface area contributed by atoms with Gasteiger partial charge in [-0.2, -0.15) is 0 Å². The fraction of sp³-hybridized carbons (Fsp3) is 0.647. The predicted molar refractivity (Wildman–Crippen MR) is 86.0 cm³/mol. The summed E-state index contributed by atoms with van der Waals surface area (Å²) >= 11 is 0. The fourth-order valence-corrected chi connectivity index (χ4v) is 3.89. The maximum atomic E-state index is 12.7. The smallest absolute Gasteiger partial charge is 0.276 e. The molecule has 1 aromatic rings. The van der Waals surface area contributed by atoms with E-state index < -0.39 is 0 Å². The molecular formula is C17H20N4O4. The first-order valence-corrected chi connectivity index (χ1v) is 8.99. The Bertz CT molecular complexity index is 748. The van der Waals surface area contributed by atoms with Gasteiger partial charge < -0.3 is 19.2 Å². The molecule has 0 N–H and O–H groups in total. The molecule has 0 radical (unpaired) electrons. The summed E-state index contributed by atoms with van der Waals surface area (Å²) in [5.41, 5.74) is 0.798. The van der Waals surface area contributed by atoms with Crippen LogP contribution in [0, 0.1) is 5.92 Å². The van der Waals surface area contributed by atoms with Crippen LogP contribution in [0.2, 0.25) is 0 Å². The van der Waals surface area contributed by atoms with Crippen LogP contribution in [0.25, 0.3) is 0 Å². The average molecular weight is 344 g/mol. The summed E-state index contributed by atoms with van der Waals surface area (Å²) in [6, 6.07) is 1.75. The predicted octanol–water partition coefficient (Wildman–Crippen LogP) is 1.00. The Morgan fingerprint density at radius 1 is 1.08 bits per heavy atom. The molecular weight excluding hydrogens is 324 g/mol. The van der Waals surface area contributed by atoms with Crippen molar-refractivity contribution >= 4 is 17.5 Å². The van der Waals surface area contributed by atoms with E-state index in [0.717, 1.165) is 44.5 Å². The number of likely N-dealkylation sites (tertiary alicyclic amines) is 2. The molecule has 2 atom stereocenters. The lowest BCUT2D eigenvalue weighted by atomic mass is 10.00. The van der Waals surface area contributed by atoms with Gasteiger partial charge >= 0.3 is 0 Å². The van der Waals surface area contributed by atoms with E-state index in [0.29, 0.717) is 30.4 Å². The lowest BCUT2D eigenvalue weighted by Crippen LogP contribution is -2.39. The topological polar surface area (TPSA) is 88.2 Å². The molecule has 4 aliphatic rings. The van der Waals surface area contributed by atoms with E-state index >= 15 is 0 Å². The molecule has 2 amide bonds. The highest BCUT2D eigenvalue weighted by atomic mass is 16.6. The number of amides is 2. The second-order valence-corrected chi connectivity index (χ2v) is 7.33. The molecule has 1 aromatic heterocycles. The van der Waals surface area contributed by atoms with Gasteiger partial charge in [-0.15, -0.1) is 0 Å². The Morgan fingerprint density at radius 3 is 2.64 bits per heavy atom. The number of hydrogen-bond donors (Lipinski definition) is 0. The lowest BCUT2D eigenvalue weighted by Gasteiger charge is -2.18. The molecule has 8 nitrogen and oxygen atoms in total. The first-order valence-electron chi connectivity index (χ1n) is 8.99. The highest BCUT2D eigenvalue weighted by Gasteiger charge is 2.47. The van der Waals surface area contributed by atoms with Crippen molar-refractivity contribution in [3.05, 3.63) is 17.5 Å². The zero-order valence-corrected chi connectivity index (χ0v) is 13.9. The molecule has 8 heteroatoms. The van der Waals surface area contributed by atoms with Crippen LogP contribution in [0.15, 0.2) is 15.7 Å². The Hall–Kier alpha value is -2.38. The molecule has 5 rings (SSSR count). The number of nitrogens with zero attached hydrogens (tertiary/aromatic N) is 4. The average Bonchev–Trinajstić information content (AvgIpc) is 3.11. The lowest BCUT2D eigenvalue weighted by molar-refractivity contribution is -0.123. The third-order valence-electron chi connectivity index (χ3n) is 5.53. The molecule has 1 saturated carbocycles. The van der Waals surface area contributed by atoms with Gasteiger partial charge in [-0.1, -0.05) is 10.3 Å². The molecule has 3 fully saturated rings. The fourth-order valence-electron chi connectivity index (χ4n) is 3.89. The minimum Gasteiger partial charge on any atom is -0.389 e. The third-order valence-corrected chi connectivity index (χ3v) is 5.53. The summed E-state index contributed by atoms with van der Waals surface area (Å²) in [6.45, 7) is 2.42. The normalized spacial score (nSPS) is 28.1. The molecule has 1 aliphatic carbocycles. The molecule has 0 bridgehead atoms. The van der Waals surface area contributed by atoms with Crippen molar-refractivity contribution in [2.24, 2.45) is 11.1 Å². The molecule has 3 aliphatic heterocycles. The number of hydrogen-bond acceptors (Lipinski definition) is 6. The van der Waals surface area contributed by atoms with Crippen molar-refractivity contribution in [1.82, 2.24) is 15.0 Å². The highest BCUT2D eigenvalue weighted by molar-refractivity contribution is 6.40. The largest absolute Gasteiger partial charge is 0.389 e. The van der Waals surface area contributed by atoms with Crippen molar-refractivity contribution in [3.63, 3.8) is 0 Å². The first kappa shape index (κ1) is 14.9. The van der Waals surface area contributed by atoms with Gasteiger partial charge in [-0.05, 0) is 25.7 Å². The zero-order chi connectivity index (χ0) is 17.0. The third kappa shape index (κ3) is 2.51. The summed E-state index contributed by atoms with van der Waals surface area (Å²) in [4.78, 5) is 34.2. The summed E-state index contributed by atoms with van der Waals surface area (Å²) < 4.78 is 5.28. The second kappa shape index (κ2) is 5.57. The Kier molecular flexibility index (Phi) is 3.33. The number of rotatable bonds is 3. The van der Waals surface area contributed by atoms with E-state index in [1.165, 1.54) is 0 Å². The van der Waals surface area contributed by atoms with Crippen molar-refractivity contribution in [2.45, 2.75) is 37.7 Å². The van der Waals surface area contributed by atoms with Crippen LogP contribution in [0.1, 0.15) is 47.8 Å². The first-order chi connectivity index (χ1) is 12.2. The van der Waals surface area contributed by atoms with Gasteiger partial charge in [0.15, 0.2) is 17.5 Å². The monoisotopic (exact) mass is 344 g/mol. The van der Waals surface area contributed by atoms with E-state index in [-0.39, 0.29) is 23.8 Å². The minimum absolute atomic E-state index is 0.0447. The minimum atomic E-state index is -0.236. The standard InChI is InChI=1S/C17H20N4O4/c22-16(12-7-13(24-18-12)10-3-4-10)21-8-11-14(9-21)25-19-15(11)17(23)20-5-1-2-6-20/h7,10-11,14H,1-6,8-9H2/t11-,14+/m0/s1. The summed E-state index contributed by atoms with van der Waals surface area (Å²) in [6.07, 6.45) is 4.04. The maximum absolute atomic E-state index is 12.7. The van der Waals surface area contributed by atoms with E-state index in [9.17, 15) is 9.59 Å². The van der Waals surface area contributed by atoms with Gasteiger partial charge in [-0.3, -0.25) is 9.59 Å². The Morgan fingerprint density at radius 2 is 1.88 bits per heavy atom. The molecule has 0 spiro atoms. The Balaban J connectivity index is 1.28. The van der Waals surface area contributed by atoms with Gasteiger partial charge in [0.05, 0.1) is 12.5 Å². The maximum Gasteiger partial charge on any atom is 0.276 e. The number of fused-ring (bicyclic) bond motifs is 1.